The van der Waals surface area contributed by atoms with Crippen LogP contribution in [0.3, 0.4) is 0 Å². The molecule has 0 spiro atoms. The molecule has 4 rings (SSSR count). The van der Waals surface area contributed by atoms with Crippen LogP contribution < -0.4 is 4.74 Å². The van der Waals surface area contributed by atoms with Crippen LogP contribution in [0.1, 0.15) is 30.0 Å². The van der Waals surface area contributed by atoms with Crippen LogP contribution in [0.25, 0.3) is 5.69 Å². The van der Waals surface area contributed by atoms with E-state index >= 15 is 0 Å². The van der Waals surface area contributed by atoms with Gasteiger partial charge in [0.15, 0.2) is 0 Å². The second kappa shape index (κ2) is 5.57. The van der Waals surface area contributed by atoms with Crippen LogP contribution in [-0.2, 0) is 19.3 Å². The van der Waals surface area contributed by atoms with Gasteiger partial charge in [0.05, 0.1) is 12.8 Å². The summed E-state index contributed by atoms with van der Waals surface area (Å²) in [4.78, 5) is 4.44. The number of benzene rings is 1. The fourth-order valence-corrected chi connectivity index (χ4v) is 3.43. The third-order valence-corrected chi connectivity index (χ3v) is 4.55. The number of rotatable bonds is 4. The van der Waals surface area contributed by atoms with E-state index in [-0.39, 0.29) is 0 Å². The van der Waals surface area contributed by atoms with Gasteiger partial charge in [0.25, 0.3) is 0 Å². The quantitative estimate of drug-likeness (QED) is 0.744. The van der Waals surface area contributed by atoms with Gasteiger partial charge in [-0.1, -0.05) is 19.1 Å². The monoisotopic (exact) mass is 308 g/mol. The first kappa shape index (κ1) is 14.1. The molecule has 0 radical (unpaired) electrons. The van der Waals surface area contributed by atoms with Crippen molar-refractivity contribution in [2.24, 2.45) is 0 Å². The molecule has 1 atom stereocenters. The molecule has 118 valence electrons. The first-order valence-electron chi connectivity index (χ1n) is 8.02. The van der Waals surface area contributed by atoms with Gasteiger partial charge in [-0.15, -0.1) is 0 Å². The predicted molar refractivity (Wildman–Crippen MR) is 88.2 cm³/mol. The zero-order valence-electron chi connectivity index (χ0n) is 13.4. The maximum atomic E-state index is 5.44. The summed E-state index contributed by atoms with van der Waals surface area (Å²) < 4.78 is 9.68. The number of imidazole rings is 1. The smallest absolute Gasteiger partial charge is 0.144 e. The van der Waals surface area contributed by atoms with E-state index in [2.05, 4.69) is 28.9 Å². The summed E-state index contributed by atoms with van der Waals surface area (Å²) in [6.45, 7) is 2.15. The van der Waals surface area contributed by atoms with Crippen molar-refractivity contribution in [1.29, 1.82) is 0 Å². The van der Waals surface area contributed by atoms with Crippen LogP contribution in [0.5, 0.6) is 5.75 Å². The molecule has 5 heteroatoms. The number of fused-ring (bicyclic) bond motifs is 1. The lowest BCUT2D eigenvalue weighted by molar-refractivity contribution is 0.411. The summed E-state index contributed by atoms with van der Waals surface area (Å²) in [6.07, 6.45) is 9.04. The first-order chi connectivity index (χ1) is 11.3. The standard InChI is InChI=1S/C18H20N4O/c1-3-18-19-8-9-21(18)14-10-13-12-22(20-15(13)11-14)16-6-4-5-7-17(16)23-2/h4-9,12,14H,3,10-11H2,1-2H3/t14-/m0/s1. The summed E-state index contributed by atoms with van der Waals surface area (Å²) >= 11 is 0. The van der Waals surface area contributed by atoms with Crippen LogP contribution in [0, 0.1) is 0 Å². The third-order valence-electron chi connectivity index (χ3n) is 4.55. The maximum absolute atomic E-state index is 5.44. The van der Waals surface area contributed by atoms with Crippen LogP contribution in [0.4, 0.5) is 0 Å². The SMILES string of the molecule is CCc1nccn1[C@H]1Cc2cn(-c3ccccc3OC)nc2C1. The van der Waals surface area contributed by atoms with Gasteiger partial charge in [0, 0.05) is 37.5 Å². The lowest BCUT2D eigenvalue weighted by Gasteiger charge is -2.14. The Morgan fingerprint density at radius 1 is 1.26 bits per heavy atom. The lowest BCUT2D eigenvalue weighted by atomic mass is 10.2. The van der Waals surface area contributed by atoms with E-state index in [4.69, 9.17) is 9.84 Å². The Balaban J connectivity index is 1.62. The Bertz CT molecular complexity index is 810. The summed E-state index contributed by atoms with van der Waals surface area (Å²) in [7, 11) is 1.69. The van der Waals surface area contributed by atoms with Crippen LogP contribution in [-0.4, -0.2) is 26.4 Å². The number of para-hydroxylation sites is 2. The number of aryl methyl sites for hydroxylation is 1. The van der Waals surface area contributed by atoms with Gasteiger partial charge in [-0.05, 0) is 24.1 Å². The van der Waals surface area contributed by atoms with E-state index < -0.39 is 0 Å². The summed E-state index contributed by atoms with van der Waals surface area (Å²) in [5, 5.41) is 4.79. The second-order valence-corrected chi connectivity index (χ2v) is 5.88. The summed E-state index contributed by atoms with van der Waals surface area (Å²) in [5.74, 6) is 1.99. The van der Waals surface area contributed by atoms with Crippen molar-refractivity contribution in [3.05, 3.63) is 59.9 Å². The predicted octanol–water partition coefficient (Wildman–Crippen LogP) is 2.98. The Hall–Kier alpha value is -2.56. The molecule has 3 aromatic rings. The largest absolute Gasteiger partial charge is 0.494 e. The van der Waals surface area contributed by atoms with Gasteiger partial charge >= 0.3 is 0 Å². The van der Waals surface area contributed by atoms with E-state index in [1.165, 1.54) is 11.3 Å². The minimum Gasteiger partial charge on any atom is -0.494 e. The van der Waals surface area contributed by atoms with Crippen molar-refractivity contribution in [2.75, 3.05) is 7.11 Å². The number of hydrogen-bond donors (Lipinski definition) is 0. The molecule has 0 aliphatic heterocycles. The number of methoxy groups -OCH3 is 1. The highest BCUT2D eigenvalue weighted by Gasteiger charge is 2.27. The minimum absolute atomic E-state index is 0.442. The highest BCUT2D eigenvalue weighted by atomic mass is 16.5. The van der Waals surface area contributed by atoms with E-state index in [0.29, 0.717) is 6.04 Å². The molecule has 0 saturated carbocycles. The Morgan fingerprint density at radius 2 is 2.13 bits per heavy atom. The molecule has 1 aliphatic carbocycles. The molecule has 0 unspecified atom stereocenters. The van der Waals surface area contributed by atoms with E-state index in [0.717, 1.165) is 36.5 Å². The van der Waals surface area contributed by atoms with Gasteiger partial charge in [-0.25, -0.2) is 9.67 Å². The normalized spacial score (nSPS) is 16.5. The molecule has 5 nitrogen and oxygen atoms in total. The van der Waals surface area contributed by atoms with Gasteiger partial charge in [0.2, 0.25) is 0 Å². The fraction of sp³-hybridized carbons (Fsp3) is 0.333. The fourth-order valence-electron chi connectivity index (χ4n) is 3.43. The molecule has 2 aromatic heterocycles. The highest BCUT2D eigenvalue weighted by Crippen LogP contribution is 2.32. The van der Waals surface area contributed by atoms with Crippen molar-refractivity contribution >= 4 is 0 Å². The van der Waals surface area contributed by atoms with Gasteiger partial charge in [0.1, 0.15) is 17.3 Å². The molecule has 0 saturated heterocycles. The molecule has 1 aromatic carbocycles. The van der Waals surface area contributed by atoms with Gasteiger partial charge in [-0.3, -0.25) is 0 Å². The molecule has 1 aliphatic rings. The average Bonchev–Trinajstić information content (AvgIpc) is 3.27. The second-order valence-electron chi connectivity index (χ2n) is 5.88. The van der Waals surface area contributed by atoms with Crippen molar-refractivity contribution in [1.82, 2.24) is 19.3 Å². The molecule has 0 bridgehead atoms. The zero-order chi connectivity index (χ0) is 15.8. The molecule has 23 heavy (non-hydrogen) atoms. The van der Waals surface area contributed by atoms with Crippen molar-refractivity contribution in [3.8, 4) is 11.4 Å². The Kier molecular flexibility index (Phi) is 3.41. The zero-order valence-corrected chi connectivity index (χ0v) is 13.4. The number of ether oxygens (including phenoxy) is 1. The topological polar surface area (TPSA) is 44.9 Å². The molecular weight excluding hydrogens is 288 g/mol. The van der Waals surface area contributed by atoms with Crippen LogP contribution >= 0.6 is 0 Å². The molecule has 0 amide bonds. The van der Waals surface area contributed by atoms with Crippen molar-refractivity contribution in [3.63, 3.8) is 0 Å². The van der Waals surface area contributed by atoms with Crippen molar-refractivity contribution < 1.29 is 4.74 Å². The van der Waals surface area contributed by atoms with E-state index in [1.54, 1.807) is 7.11 Å². The summed E-state index contributed by atoms with van der Waals surface area (Å²) in [6, 6.07) is 8.41. The Morgan fingerprint density at radius 3 is 2.91 bits per heavy atom. The molecule has 0 N–H and O–H groups in total. The number of hydrogen-bond acceptors (Lipinski definition) is 3. The van der Waals surface area contributed by atoms with Gasteiger partial charge in [-0.2, -0.15) is 5.10 Å². The van der Waals surface area contributed by atoms with Gasteiger partial charge < -0.3 is 9.30 Å². The number of aromatic nitrogens is 4. The minimum atomic E-state index is 0.442. The highest BCUT2D eigenvalue weighted by molar-refractivity contribution is 5.47. The lowest BCUT2D eigenvalue weighted by Crippen LogP contribution is -2.12. The van der Waals surface area contributed by atoms with E-state index in [9.17, 15) is 0 Å². The van der Waals surface area contributed by atoms with E-state index in [1.807, 2.05) is 35.1 Å². The molecule has 0 fully saturated rings. The first-order valence-corrected chi connectivity index (χ1v) is 8.02. The maximum Gasteiger partial charge on any atom is 0.144 e. The third kappa shape index (κ3) is 2.32. The summed E-state index contributed by atoms with van der Waals surface area (Å²) in [5.41, 5.74) is 3.48. The Labute approximate surface area is 135 Å². The molecule has 2 heterocycles. The number of nitrogens with zero attached hydrogens (tertiary/aromatic N) is 4. The molecular formula is C18H20N4O. The van der Waals surface area contributed by atoms with Crippen LogP contribution in [0.2, 0.25) is 0 Å². The average molecular weight is 308 g/mol. The van der Waals surface area contributed by atoms with Crippen molar-refractivity contribution in [2.45, 2.75) is 32.2 Å². The van der Waals surface area contributed by atoms with Crippen LogP contribution in [0.15, 0.2) is 42.9 Å².